The van der Waals surface area contributed by atoms with Crippen LogP contribution in [0.1, 0.15) is 17.5 Å². The second-order valence-corrected chi connectivity index (χ2v) is 6.03. The molecule has 0 aromatic heterocycles. The number of fused-ring (bicyclic) bond motifs is 1. The lowest BCUT2D eigenvalue weighted by Gasteiger charge is -2.07. The molecule has 0 aliphatic carbocycles. The summed E-state index contributed by atoms with van der Waals surface area (Å²) in [4.78, 5) is 11.9. The molecule has 3 rings (SSSR count). The van der Waals surface area contributed by atoms with Crippen LogP contribution in [0.5, 0.6) is 11.5 Å². The Bertz CT molecular complexity index is 734. The number of halogens is 2. The molecule has 0 saturated heterocycles. The number of amides is 1. The van der Waals surface area contributed by atoms with Gasteiger partial charge in [0.05, 0.1) is 10.0 Å². The van der Waals surface area contributed by atoms with E-state index in [1.54, 1.807) is 12.1 Å². The molecule has 0 unspecified atom stereocenters. The largest absolute Gasteiger partial charge is 0.454 e. The summed E-state index contributed by atoms with van der Waals surface area (Å²) in [5.41, 5.74) is 1.95. The number of benzene rings is 2. The third-order valence-corrected chi connectivity index (χ3v) is 4.29. The summed E-state index contributed by atoms with van der Waals surface area (Å²) in [6.07, 6.45) is 1.05. The van der Waals surface area contributed by atoms with E-state index in [1.807, 2.05) is 24.3 Å². The van der Waals surface area contributed by atoms with Crippen molar-refractivity contribution in [3.05, 3.63) is 57.6 Å². The SMILES string of the molecule is O=C(CCc1ccc2c(c1)OCO2)NCc1ccc(Cl)c(Cl)c1. The Morgan fingerprint density at radius 3 is 2.61 bits per heavy atom. The van der Waals surface area contributed by atoms with Gasteiger partial charge in [0.25, 0.3) is 0 Å². The molecule has 2 aromatic rings. The maximum atomic E-state index is 11.9. The number of hydrogen-bond donors (Lipinski definition) is 1. The van der Waals surface area contributed by atoms with E-state index in [0.29, 0.717) is 29.4 Å². The van der Waals surface area contributed by atoms with E-state index in [9.17, 15) is 4.79 Å². The third kappa shape index (κ3) is 4.09. The highest BCUT2D eigenvalue weighted by Gasteiger charge is 2.13. The van der Waals surface area contributed by atoms with E-state index < -0.39 is 0 Å². The lowest BCUT2D eigenvalue weighted by molar-refractivity contribution is -0.121. The molecule has 1 aliphatic heterocycles. The van der Waals surface area contributed by atoms with Crippen LogP contribution in [0.4, 0.5) is 0 Å². The molecular weight excluding hydrogens is 337 g/mol. The molecule has 1 aliphatic rings. The highest BCUT2D eigenvalue weighted by atomic mass is 35.5. The minimum absolute atomic E-state index is 0.0197. The molecule has 0 spiro atoms. The zero-order chi connectivity index (χ0) is 16.2. The van der Waals surface area contributed by atoms with E-state index in [-0.39, 0.29) is 12.7 Å². The molecule has 0 bridgehead atoms. The first-order chi connectivity index (χ1) is 11.1. The van der Waals surface area contributed by atoms with Crippen molar-refractivity contribution in [2.24, 2.45) is 0 Å². The Labute approximate surface area is 144 Å². The lowest BCUT2D eigenvalue weighted by Crippen LogP contribution is -2.22. The number of aryl methyl sites for hydroxylation is 1. The maximum absolute atomic E-state index is 11.9. The van der Waals surface area contributed by atoms with Crippen molar-refractivity contribution in [2.45, 2.75) is 19.4 Å². The average Bonchev–Trinajstić information content (AvgIpc) is 3.01. The first-order valence-corrected chi connectivity index (χ1v) is 7.96. The molecule has 0 saturated carbocycles. The van der Waals surface area contributed by atoms with Crippen LogP contribution in [-0.2, 0) is 17.8 Å². The fourth-order valence-electron chi connectivity index (χ4n) is 2.29. The lowest BCUT2D eigenvalue weighted by atomic mass is 10.1. The van der Waals surface area contributed by atoms with Gasteiger partial charge in [-0.15, -0.1) is 0 Å². The highest BCUT2D eigenvalue weighted by Crippen LogP contribution is 2.32. The monoisotopic (exact) mass is 351 g/mol. The van der Waals surface area contributed by atoms with Crippen LogP contribution in [0.15, 0.2) is 36.4 Å². The quantitative estimate of drug-likeness (QED) is 0.886. The van der Waals surface area contributed by atoms with Gasteiger partial charge < -0.3 is 14.8 Å². The number of ether oxygens (including phenoxy) is 2. The molecule has 1 amide bonds. The smallest absolute Gasteiger partial charge is 0.231 e. The molecule has 1 N–H and O–H groups in total. The predicted molar refractivity (Wildman–Crippen MR) is 89.2 cm³/mol. The molecule has 23 heavy (non-hydrogen) atoms. The van der Waals surface area contributed by atoms with E-state index >= 15 is 0 Å². The van der Waals surface area contributed by atoms with Gasteiger partial charge >= 0.3 is 0 Å². The van der Waals surface area contributed by atoms with Gasteiger partial charge in [-0.25, -0.2) is 0 Å². The van der Waals surface area contributed by atoms with Crippen LogP contribution >= 0.6 is 23.2 Å². The Kier molecular flexibility index (Phi) is 4.94. The molecule has 4 nitrogen and oxygen atoms in total. The standard InChI is InChI=1S/C17H15Cl2NO3/c18-13-4-1-12(7-14(13)19)9-20-17(21)6-3-11-2-5-15-16(8-11)23-10-22-15/h1-2,4-5,7-8H,3,6,9-10H2,(H,20,21). The van der Waals surface area contributed by atoms with E-state index in [4.69, 9.17) is 32.7 Å². The summed E-state index contributed by atoms with van der Waals surface area (Å²) < 4.78 is 10.6. The molecule has 2 aromatic carbocycles. The van der Waals surface area contributed by atoms with Crippen molar-refractivity contribution >= 4 is 29.1 Å². The fraction of sp³-hybridized carbons (Fsp3) is 0.235. The molecule has 1 heterocycles. The fourth-order valence-corrected chi connectivity index (χ4v) is 2.61. The van der Waals surface area contributed by atoms with E-state index in [0.717, 1.165) is 22.6 Å². The number of nitrogens with one attached hydrogen (secondary N) is 1. The second kappa shape index (κ2) is 7.11. The highest BCUT2D eigenvalue weighted by molar-refractivity contribution is 6.42. The topological polar surface area (TPSA) is 47.6 Å². The summed E-state index contributed by atoms with van der Waals surface area (Å²) in [7, 11) is 0. The molecule has 0 radical (unpaired) electrons. The minimum Gasteiger partial charge on any atom is -0.454 e. The van der Waals surface area contributed by atoms with Crippen LogP contribution in [0.2, 0.25) is 10.0 Å². The van der Waals surface area contributed by atoms with Crippen molar-refractivity contribution in [3.8, 4) is 11.5 Å². The minimum atomic E-state index is -0.0197. The number of hydrogen-bond acceptors (Lipinski definition) is 3. The van der Waals surface area contributed by atoms with Gasteiger partial charge in [-0.1, -0.05) is 35.3 Å². The van der Waals surface area contributed by atoms with Crippen LogP contribution in [-0.4, -0.2) is 12.7 Å². The molecule has 120 valence electrons. The Balaban J connectivity index is 1.48. The predicted octanol–water partition coefficient (Wildman–Crippen LogP) is 3.97. The zero-order valence-electron chi connectivity index (χ0n) is 12.3. The van der Waals surface area contributed by atoms with Crippen molar-refractivity contribution in [3.63, 3.8) is 0 Å². The number of carbonyl (C=O) groups excluding carboxylic acids is 1. The summed E-state index contributed by atoms with van der Waals surface area (Å²) in [6, 6.07) is 11.0. The van der Waals surface area contributed by atoms with Gasteiger partial charge in [-0.2, -0.15) is 0 Å². The summed E-state index contributed by atoms with van der Waals surface area (Å²) >= 11 is 11.8. The molecule has 0 atom stereocenters. The third-order valence-electron chi connectivity index (χ3n) is 3.55. The summed E-state index contributed by atoms with van der Waals surface area (Å²) in [6.45, 7) is 0.680. The van der Waals surface area contributed by atoms with Gasteiger partial charge in [-0.05, 0) is 41.8 Å². The first-order valence-electron chi connectivity index (χ1n) is 7.21. The van der Waals surface area contributed by atoms with Crippen molar-refractivity contribution in [1.29, 1.82) is 0 Å². The maximum Gasteiger partial charge on any atom is 0.231 e. The molecule has 6 heteroatoms. The number of rotatable bonds is 5. The van der Waals surface area contributed by atoms with Gasteiger partial charge in [0.1, 0.15) is 0 Å². The van der Waals surface area contributed by atoms with Crippen molar-refractivity contribution < 1.29 is 14.3 Å². The van der Waals surface area contributed by atoms with E-state index in [2.05, 4.69) is 5.32 Å². The zero-order valence-corrected chi connectivity index (χ0v) is 13.8. The van der Waals surface area contributed by atoms with Crippen molar-refractivity contribution in [1.82, 2.24) is 5.32 Å². The van der Waals surface area contributed by atoms with E-state index in [1.165, 1.54) is 0 Å². The number of carbonyl (C=O) groups is 1. The van der Waals surface area contributed by atoms with Gasteiger partial charge in [-0.3, -0.25) is 4.79 Å². The summed E-state index contributed by atoms with van der Waals surface area (Å²) in [5.74, 6) is 1.46. The molecule has 0 fully saturated rings. The Hall–Kier alpha value is -1.91. The normalized spacial score (nSPS) is 12.3. The molecular formula is C17H15Cl2NO3. The Morgan fingerprint density at radius 1 is 1.00 bits per heavy atom. The van der Waals surface area contributed by atoms with Crippen LogP contribution in [0.25, 0.3) is 0 Å². The van der Waals surface area contributed by atoms with Crippen LogP contribution in [0, 0.1) is 0 Å². The first kappa shape index (κ1) is 16.0. The Morgan fingerprint density at radius 2 is 1.78 bits per heavy atom. The van der Waals surface area contributed by atoms with Gasteiger partial charge in [0.2, 0.25) is 12.7 Å². The van der Waals surface area contributed by atoms with Gasteiger partial charge in [0.15, 0.2) is 11.5 Å². The van der Waals surface area contributed by atoms with Gasteiger partial charge in [0, 0.05) is 13.0 Å². The van der Waals surface area contributed by atoms with Crippen molar-refractivity contribution in [2.75, 3.05) is 6.79 Å². The second-order valence-electron chi connectivity index (χ2n) is 5.21. The van der Waals surface area contributed by atoms with Crippen LogP contribution in [0.3, 0.4) is 0 Å². The summed E-state index contributed by atoms with van der Waals surface area (Å²) in [5, 5.41) is 3.86. The average molecular weight is 352 g/mol. The van der Waals surface area contributed by atoms with Crippen LogP contribution < -0.4 is 14.8 Å².